The predicted octanol–water partition coefficient (Wildman–Crippen LogP) is 2.02. The topological polar surface area (TPSA) is 29.1 Å². The van der Waals surface area contributed by atoms with E-state index in [0.29, 0.717) is 13.0 Å². The highest BCUT2D eigenvalue weighted by Gasteiger charge is 2.19. The van der Waals surface area contributed by atoms with Gasteiger partial charge in [0.25, 0.3) is 0 Å². The molecule has 0 radical (unpaired) electrons. The summed E-state index contributed by atoms with van der Waals surface area (Å²) in [5.74, 6) is 1.04. The summed E-state index contributed by atoms with van der Waals surface area (Å²) in [6.45, 7) is 0.586. The number of hydrogen-bond donors (Lipinski definition) is 1. The van der Waals surface area contributed by atoms with Crippen molar-refractivity contribution in [2.75, 3.05) is 6.54 Å². The van der Waals surface area contributed by atoms with Crippen LogP contribution in [0.5, 0.6) is 0 Å². The van der Waals surface area contributed by atoms with Gasteiger partial charge in [0.15, 0.2) is 0 Å². The minimum Gasteiger partial charge on any atom is -0.355 e. The molecular formula is C11H17NO. The summed E-state index contributed by atoms with van der Waals surface area (Å²) in [6, 6.07) is 0. The summed E-state index contributed by atoms with van der Waals surface area (Å²) in [5, 5.41) is 2.55. The van der Waals surface area contributed by atoms with Gasteiger partial charge in [-0.2, -0.15) is 0 Å². The predicted molar refractivity (Wildman–Crippen MR) is 53.3 cm³/mol. The van der Waals surface area contributed by atoms with Gasteiger partial charge < -0.3 is 5.32 Å². The largest absolute Gasteiger partial charge is 0.355 e. The fraction of sp³-hybridized carbons (Fsp3) is 0.636. The molecule has 0 atom stereocenters. The fourth-order valence-corrected chi connectivity index (χ4v) is 1.25. The molecule has 0 unspecified atom stereocenters. The molecule has 1 fully saturated rings. The first kappa shape index (κ1) is 10.1. The van der Waals surface area contributed by atoms with Crippen molar-refractivity contribution in [3.05, 3.63) is 17.9 Å². The van der Waals surface area contributed by atoms with E-state index in [1.807, 2.05) is 6.08 Å². The van der Waals surface area contributed by atoms with Crippen LogP contribution in [0.25, 0.3) is 0 Å². The van der Waals surface area contributed by atoms with Crippen molar-refractivity contribution >= 4 is 6.41 Å². The molecule has 1 aliphatic carbocycles. The molecule has 1 aliphatic rings. The van der Waals surface area contributed by atoms with E-state index in [9.17, 15) is 4.79 Å². The third-order valence-electron chi connectivity index (χ3n) is 2.20. The van der Waals surface area contributed by atoms with Crippen LogP contribution in [0.2, 0.25) is 0 Å². The van der Waals surface area contributed by atoms with Crippen molar-refractivity contribution in [1.82, 2.24) is 5.32 Å². The molecule has 13 heavy (non-hydrogen) atoms. The van der Waals surface area contributed by atoms with Gasteiger partial charge in [-0.25, -0.2) is 0 Å². The highest BCUT2D eigenvalue weighted by molar-refractivity contribution is 5.46. The molecule has 0 aromatic rings. The zero-order chi connectivity index (χ0) is 9.36. The first-order chi connectivity index (χ1) is 6.43. The van der Waals surface area contributed by atoms with Crippen LogP contribution in [0.3, 0.4) is 0 Å². The molecule has 0 spiro atoms. The van der Waals surface area contributed by atoms with E-state index in [-0.39, 0.29) is 0 Å². The fourth-order valence-electron chi connectivity index (χ4n) is 1.25. The number of carbonyl (C=O) groups excluding carboxylic acids is 1. The number of unbranched alkanes of at least 4 members (excludes halogenated alkanes) is 1. The molecule has 0 aliphatic heterocycles. The van der Waals surface area contributed by atoms with Crippen molar-refractivity contribution in [2.45, 2.75) is 32.1 Å². The molecule has 0 saturated heterocycles. The minimum absolute atomic E-state index is 0.586. The zero-order valence-electron chi connectivity index (χ0n) is 7.96. The minimum atomic E-state index is 0.586. The van der Waals surface area contributed by atoms with Gasteiger partial charge in [-0.05, 0) is 30.9 Å². The first-order valence-electron chi connectivity index (χ1n) is 5.00. The molecule has 0 bridgehead atoms. The maximum atomic E-state index is 9.85. The monoisotopic (exact) mass is 179 g/mol. The van der Waals surface area contributed by atoms with Gasteiger partial charge in [-0.15, -0.1) is 5.73 Å². The Morgan fingerprint density at radius 1 is 1.38 bits per heavy atom. The van der Waals surface area contributed by atoms with E-state index in [0.717, 1.165) is 12.3 Å². The Kier molecular flexibility index (Phi) is 5.04. The molecular weight excluding hydrogens is 162 g/mol. The number of nitrogens with one attached hydrogen (secondary N) is 1. The van der Waals surface area contributed by atoms with E-state index < -0.39 is 0 Å². The first-order valence-corrected chi connectivity index (χ1v) is 5.00. The molecule has 1 rings (SSSR count). The number of rotatable bonds is 7. The highest BCUT2D eigenvalue weighted by Crippen LogP contribution is 2.33. The smallest absolute Gasteiger partial charge is 0.207 e. The third-order valence-corrected chi connectivity index (χ3v) is 2.20. The van der Waals surface area contributed by atoms with Gasteiger partial charge in [0.2, 0.25) is 6.41 Å². The van der Waals surface area contributed by atoms with Crippen molar-refractivity contribution in [2.24, 2.45) is 5.92 Å². The highest BCUT2D eigenvalue weighted by atomic mass is 16.1. The van der Waals surface area contributed by atoms with E-state index in [2.05, 4.69) is 17.1 Å². The lowest BCUT2D eigenvalue weighted by Gasteiger charge is -1.90. The molecule has 0 aromatic heterocycles. The molecule has 1 saturated carbocycles. The summed E-state index contributed by atoms with van der Waals surface area (Å²) in [7, 11) is 0. The maximum absolute atomic E-state index is 9.85. The normalized spacial score (nSPS) is 14.5. The average molecular weight is 179 g/mol. The van der Waals surface area contributed by atoms with Crippen molar-refractivity contribution in [1.29, 1.82) is 0 Å². The molecule has 2 nitrogen and oxygen atoms in total. The molecule has 1 amide bonds. The van der Waals surface area contributed by atoms with Crippen LogP contribution < -0.4 is 5.32 Å². The van der Waals surface area contributed by atoms with E-state index in [1.165, 1.54) is 25.7 Å². The van der Waals surface area contributed by atoms with Crippen LogP contribution in [0.15, 0.2) is 17.9 Å². The van der Waals surface area contributed by atoms with Crippen molar-refractivity contribution in [3.63, 3.8) is 0 Å². The Labute approximate surface area is 79.7 Å². The van der Waals surface area contributed by atoms with Crippen LogP contribution >= 0.6 is 0 Å². The van der Waals surface area contributed by atoms with E-state index in [4.69, 9.17) is 0 Å². The van der Waals surface area contributed by atoms with Gasteiger partial charge in [0.1, 0.15) is 0 Å². The van der Waals surface area contributed by atoms with Gasteiger partial charge >= 0.3 is 0 Å². The Balaban J connectivity index is 1.89. The lowest BCUT2D eigenvalue weighted by Crippen LogP contribution is -2.08. The molecule has 1 N–H and O–H groups in total. The molecule has 72 valence electrons. The van der Waals surface area contributed by atoms with Crippen LogP contribution in [-0.4, -0.2) is 13.0 Å². The van der Waals surface area contributed by atoms with Crippen LogP contribution in [0.4, 0.5) is 0 Å². The van der Waals surface area contributed by atoms with E-state index >= 15 is 0 Å². The lowest BCUT2D eigenvalue weighted by atomic mass is 10.2. The van der Waals surface area contributed by atoms with Gasteiger partial charge in [0, 0.05) is 6.54 Å². The van der Waals surface area contributed by atoms with Gasteiger partial charge in [0.05, 0.1) is 0 Å². The Bertz CT molecular complexity index is 200. The standard InChI is InChI=1S/C11H17NO/c13-10-12-9-5-3-1-2-4-6-11-7-8-11/h1,5,10-11H,2,4,6-9H2,(H,12,13). The quantitative estimate of drug-likeness (QED) is 0.361. The Morgan fingerprint density at radius 2 is 2.23 bits per heavy atom. The van der Waals surface area contributed by atoms with Gasteiger partial charge in [-0.1, -0.05) is 19.3 Å². The summed E-state index contributed by atoms with van der Waals surface area (Å²) >= 11 is 0. The molecule has 0 aromatic carbocycles. The van der Waals surface area contributed by atoms with Crippen LogP contribution in [0, 0.1) is 5.92 Å². The molecule has 0 heterocycles. The summed E-state index contributed by atoms with van der Waals surface area (Å²) in [5.41, 5.74) is 3.04. The summed E-state index contributed by atoms with van der Waals surface area (Å²) < 4.78 is 0. The van der Waals surface area contributed by atoms with E-state index in [1.54, 1.807) is 0 Å². The average Bonchev–Trinajstić information content (AvgIpc) is 2.93. The van der Waals surface area contributed by atoms with Crippen LogP contribution in [-0.2, 0) is 4.79 Å². The number of amides is 1. The van der Waals surface area contributed by atoms with Crippen LogP contribution in [0.1, 0.15) is 32.1 Å². The summed E-state index contributed by atoms with van der Waals surface area (Å²) in [6.07, 6.45) is 11.3. The number of hydrogen-bond acceptors (Lipinski definition) is 1. The zero-order valence-corrected chi connectivity index (χ0v) is 7.96. The Hall–Kier alpha value is -1.01. The molecule has 2 heteroatoms. The summed E-state index contributed by atoms with van der Waals surface area (Å²) in [4.78, 5) is 9.85. The SMILES string of the molecule is O=CNCC=C=CCCCC1CC1. The third kappa shape index (κ3) is 6.18. The van der Waals surface area contributed by atoms with Gasteiger partial charge in [-0.3, -0.25) is 4.79 Å². The Morgan fingerprint density at radius 3 is 2.92 bits per heavy atom. The lowest BCUT2D eigenvalue weighted by molar-refractivity contribution is -0.109. The second kappa shape index (κ2) is 6.50. The second-order valence-electron chi connectivity index (χ2n) is 3.48. The maximum Gasteiger partial charge on any atom is 0.207 e. The van der Waals surface area contributed by atoms with Crippen molar-refractivity contribution in [3.8, 4) is 0 Å². The van der Waals surface area contributed by atoms with Crippen molar-refractivity contribution < 1.29 is 4.79 Å². The second-order valence-corrected chi connectivity index (χ2v) is 3.48. The number of carbonyl (C=O) groups is 1.